The summed E-state index contributed by atoms with van der Waals surface area (Å²) in [6, 6.07) is 2.88. The van der Waals surface area contributed by atoms with Crippen molar-refractivity contribution in [3.05, 3.63) is 52.2 Å². The lowest BCUT2D eigenvalue weighted by Crippen LogP contribution is -2.35. The molecule has 0 saturated heterocycles. The highest BCUT2D eigenvalue weighted by molar-refractivity contribution is 7.80. The molecule has 0 bridgehead atoms. The van der Waals surface area contributed by atoms with Gasteiger partial charge in [0.1, 0.15) is 11.4 Å². The second-order valence-electron chi connectivity index (χ2n) is 4.43. The van der Waals surface area contributed by atoms with Crippen molar-refractivity contribution >= 4 is 40.7 Å². The standard InChI is InChI=1S/C14H8ClF4N3O2S/c1-24-12-10(18)8(16)7(9(17)11(12)19)13(23)22-14(25)21-6-3-2-5(15)4-20-6/h2-4H,1H3,(H2,20,21,22,23,25). The fourth-order valence-corrected chi connectivity index (χ4v) is 2.06. The molecule has 0 aliphatic heterocycles. The van der Waals surface area contributed by atoms with Crippen molar-refractivity contribution in [3.8, 4) is 5.75 Å². The molecule has 0 unspecified atom stereocenters. The number of nitrogens with zero attached hydrogens (tertiary/aromatic N) is 1. The number of thiocarbonyl (C=S) groups is 1. The Morgan fingerprint density at radius 1 is 1.16 bits per heavy atom. The molecule has 0 spiro atoms. The van der Waals surface area contributed by atoms with Gasteiger partial charge in [0.05, 0.1) is 12.1 Å². The fourth-order valence-electron chi connectivity index (χ4n) is 1.75. The number of benzene rings is 1. The van der Waals surface area contributed by atoms with Crippen molar-refractivity contribution in [3.63, 3.8) is 0 Å². The summed E-state index contributed by atoms with van der Waals surface area (Å²) in [5.41, 5.74) is -1.48. The normalized spacial score (nSPS) is 10.3. The van der Waals surface area contributed by atoms with E-state index in [4.69, 9.17) is 23.8 Å². The van der Waals surface area contributed by atoms with Gasteiger partial charge in [-0.05, 0) is 24.4 Å². The molecule has 1 amide bonds. The summed E-state index contributed by atoms with van der Waals surface area (Å²) >= 11 is 10.4. The smallest absolute Gasteiger partial charge is 0.263 e. The minimum absolute atomic E-state index is 0.169. The van der Waals surface area contributed by atoms with Crippen LogP contribution in [0.2, 0.25) is 5.02 Å². The van der Waals surface area contributed by atoms with Crippen LogP contribution in [0.15, 0.2) is 18.3 Å². The number of amides is 1. The maximum Gasteiger partial charge on any atom is 0.263 e. The van der Waals surface area contributed by atoms with Crippen molar-refractivity contribution in [1.82, 2.24) is 10.3 Å². The zero-order valence-corrected chi connectivity index (χ0v) is 13.9. The van der Waals surface area contributed by atoms with Gasteiger partial charge in [0, 0.05) is 6.20 Å². The van der Waals surface area contributed by atoms with E-state index in [1.54, 1.807) is 0 Å². The van der Waals surface area contributed by atoms with E-state index in [-0.39, 0.29) is 5.82 Å². The average molecular weight is 394 g/mol. The third-order valence-electron chi connectivity index (χ3n) is 2.85. The molecule has 25 heavy (non-hydrogen) atoms. The van der Waals surface area contributed by atoms with Crippen LogP contribution in [0, 0.1) is 23.3 Å². The number of hydrogen-bond donors (Lipinski definition) is 2. The van der Waals surface area contributed by atoms with Crippen LogP contribution in [-0.4, -0.2) is 23.1 Å². The lowest BCUT2D eigenvalue weighted by atomic mass is 10.1. The van der Waals surface area contributed by atoms with Crippen molar-refractivity contribution in [1.29, 1.82) is 0 Å². The third-order valence-corrected chi connectivity index (χ3v) is 3.28. The number of carbonyl (C=O) groups excluding carboxylic acids is 1. The van der Waals surface area contributed by atoms with Crippen LogP contribution >= 0.6 is 23.8 Å². The molecule has 2 rings (SSSR count). The Hall–Kier alpha value is -2.46. The van der Waals surface area contributed by atoms with Gasteiger partial charge in [-0.15, -0.1) is 0 Å². The highest BCUT2D eigenvalue weighted by Gasteiger charge is 2.30. The van der Waals surface area contributed by atoms with Gasteiger partial charge >= 0.3 is 0 Å². The fraction of sp³-hybridized carbons (Fsp3) is 0.0714. The van der Waals surface area contributed by atoms with Gasteiger partial charge in [-0.2, -0.15) is 8.78 Å². The highest BCUT2D eigenvalue weighted by atomic mass is 35.5. The zero-order valence-electron chi connectivity index (χ0n) is 12.3. The minimum Gasteiger partial charge on any atom is -0.491 e. The average Bonchev–Trinajstić information content (AvgIpc) is 2.56. The Morgan fingerprint density at radius 2 is 1.76 bits per heavy atom. The van der Waals surface area contributed by atoms with E-state index < -0.39 is 45.6 Å². The number of pyridine rings is 1. The number of halogens is 5. The van der Waals surface area contributed by atoms with Crippen molar-refractivity contribution in [2.75, 3.05) is 12.4 Å². The SMILES string of the molecule is COc1c(F)c(F)c(C(=O)NC(=S)Nc2ccc(Cl)cn2)c(F)c1F. The molecule has 2 N–H and O–H groups in total. The van der Waals surface area contributed by atoms with Gasteiger partial charge in [0.2, 0.25) is 11.6 Å². The van der Waals surface area contributed by atoms with Crippen LogP contribution in [0.1, 0.15) is 10.4 Å². The van der Waals surface area contributed by atoms with Crippen molar-refractivity contribution in [2.24, 2.45) is 0 Å². The predicted octanol–water partition coefficient (Wildman–Crippen LogP) is 3.43. The summed E-state index contributed by atoms with van der Waals surface area (Å²) in [5.74, 6) is -10.1. The molecule has 1 aromatic carbocycles. The van der Waals surface area contributed by atoms with Gasteiger partial charge in [-0.1, -0.05) is 11.6 Å². The number of aromatic nitrogens is 1. The summed E-state index contributed by atoms with van der Waals surface area (Å²) in [6.07, 6.45) is 1.28. The Labute approximate surface area is 149 Å². The monoisotopic (exact) mass is 393 g/mol. The molecule has 132 valence electrons. The molecular weight excluding hydrogens is 386 g/mol. The molecule has 0 aliphatic carbocycles. The van der Waals surface area contributed by atoms with E-state index in [1.165, 1.54) is 18.3 Å². The molecule has 0 atom stereocenters. The first-order valence-corrected chi connectivity index (χ1v) is 7.18. The number of methoxy groups -OCH3 is 1. The first-order valence-electron chi connectivity index (χ1n) is 6.40. The van der Waals surface area contributed by atoms with Crippen molar-refractivity contribution < 1.29 is 27.1 Å². The maximum atomic E-state index is 13.8. The van der Waals surface area contributed by atoms with E-state index >= 15 is 0 Å². The van der Waals surface area contributed by atoms with Gasteiger partial charge in [-0.3, -0.25) is 10.1 Å². The summed E-state index contributed by atoms with van der Waals surface area (Å²) in [7, 11) is 0.818. The predicted molar refractivity (Wildman–Crippen MR) is 85.8 cm³/mol. The van der Waals surface area contributed by atoms with Crippen LogP contribution in [0.3, 0.4) is 0 Å². The lowest BCUT2D eigenvalue weighted by molar-refractivity contribution is 0.0966. The summed E-state index contributed by atoms with van der Waals surface area (Å²) < 4.78 is 59.2. The van der Waals surface area contributed by atoms with Gasteiger partial charge in [-0.25, -0.2) is 13.8 Å². The van der Waals surface area contributed by atoms with Crippen LogP contribution in [0.4, 0.5) is 23.4 Å². The first kappa shape index (κ1) is 18.9. The van der Waals surface area contributed by atoms with Crippen LogP contribution in [0.25, 0.3) is 0 Å². The molecule has 1 heterocycles. The van der Waals surface area contributed by atoms with Gasteiger partial charge < -0.3 is 10.1 Å². The van der Waals surface area contributed by atoms with Crippen LogP contribution in [0.5, 0.6) is 5.75 Å². The number of anilines is 1. The largest absolute Gasteiger partial charge is 0.491 e. The Kier molecular flexibility index (Phi) is 5.75. The second kappa shape index (κ2) is 7.62. The number of ether oxygens (including phenoxy) is 1. The highest BCUT2D eigenvalue weighted by Crippen LogP contribution is 2.29. The Balaban J connectivity index is 2.23. The van der Waals surface area contributed by atoms with E-state index in [9.17, 15) is 22.4 Å². The Bertz CT molecular complexity index is 820. The summed E-state index contributed by atoms with van der Waals surface area (Å²) in [6.45, 7) is 0. The minimum atomic E-state index is -1.92. The van der Waals surface area contributed by atoms with Crippen LogP contribution < -0.4 is 15.4 Å². The van der Waals surface area contributed by atoms with Crippen LogP contribution in [-0.2, 0) is 0 Å². The zero-order chi connectivity index (χ0) is 18.7. The number of nitrogens with one attached hydrogen (secondary N) is 2. The second-order valence-corrected chi connectivity index (χ2v) is 5.28. The van der Waals surface area contributed by atoms with E-state index in [1.807, 2.05) is 5.32 Å². The lowest BCUT2D eigenvalue weighted by Gasteiger charge is -2.12. The van der Waals surface area contributed by atoms with E-state index in [2.05, 4.69) is 15.0 Å². The summed E-state index contributed by atoms with van der Waals surface area (Å²) in [4.78, 5) is 15.7. The van der Waals surface area contributed by atoms with E-state index in [0.29, 0.717) is 5.02 Å². The molecule has 0 saturated carbocycles. The summed E-state index contributed by atoms with van der Waals surface area (Å²) in [5, 5.41) is 4.25. The van der Waals surface area contributed by atoms with Crippen molar-refractivity contribution in [2.45, 2.75) is 0 Å². The quantitative estimate of drug-likeness (QED) is 0.475. The van der Waals surface area contributed by atoms with E-state index in [0.717, 1.165) is 7.11 Å². The molecular formula is C14H8ClF4N3O2S. The molecule has 11 heteroatoms. The number of rotatable bonds is 3. The maximum absolute atomic E-state index is 13.8. The topological polar surface area (TPSA) is 63.2 Å². The van der Waals surface area contributed by atoms with Gasteiger partial charge in [0.15, 0.2) is 22.5 Å². The molecule has 5 nitrogen and oxygen atoms in total. The molecule has 2 aromatic rings. The first-order chi connectivity index (χ1) is 11.8. The van der Waals surface area contributed by atoms with Gasteiger partial charge in [0.25, 0.3) is 5.91 Å². The molecule has 0 fully saturated rings. The third kappa shape index (κ3) is 3.97. The molecule has 0 aliphatic rings. The Morgan fingerprint density at radius 3 is 2.24 bits per heavy atom. The molecule has 1 aromatic heterocycles. The molecule has 0 radical (unpaired) electrons. The number of carbonyl (C=O) groups is 1. The number of hydrogen-bond acceptors (Lipinski definition) is 4.